The number of aromatic carboxylic acids is 1. The summed E-state index contributed by atoms with van der Waals surface area (Å²) in [5.41, 5.74) is -4.53. The molecule has 2 aromatic heterocycles. The highest BCUT2D eigenvalue weighted by Crippen LogP contribution is 2.39. The van der Waals surface area contributed by atoms with E-state index in [4.69, 9.17) is 5.11 Å². The number of nitrogens with zero attached hydrogens (tertiary/aromatic N) is 4. The molecule has 67 heavy (non-hydrogen) atoms. The molecule has 0 bridgehead atoms. The van der Waals surface area contributed by atoms with Crippen LogP contribution in [-0.4, -0.2) is 75.0 Å². The number of carbonyl (C=O) groups excluding carboxylic acids is 1. The van der Waals surface area contributed by atoms with E-state index in [-0.39, 0.29) is 58.1 Å². The van der Waals surface area contributed by atoms with E-state index >= 15 is 8.78 Å². The number of aryl methyl sites for hydroxylation is 1. The summed E-state index contributed by atoms with van der Waals surface area (Å²) in [6.45, 7) is 3.93. The lowest BCUT2D eigenvalue weighted by Crippen LogP contribution is -2.48. The number of hydrogen-bond acceptors (Lipinski definition) is 7. The Kier molecular flexibility index (Phi) is 14.6. The molecule has 0 aliphatic carbocycles. The average Bonchev–Trinajstić information content (AvgIpc) is 3.24. The summed E-state index contributed by atoms with van der Waals surface area (Å²) in [5.74, 6) is -9.66. The number of benzene rings is 3. The van der Waals surface area contributed by atoms with Crippen molar-refractivity contribution in [2.45, 2.75) is 89.3 Å². The fourth-order valence-electron chi connectivity index (χ4n) is 8.50. The lowest BCUT2D eigenvalue weighted by atomic mass is 9.93. The average molecular weight is 952 g/mol. The number of aromatic nitrogens is 2. The minimum atomic E-state index is -4.86. The van der Waals surface area contributed by atoms with Crippen LogP contribution in [0.3, 0.4) is 0 Å². The molecule has 1 amide bonds. The van der Waals surface area contributed by atoms with Crippen LogP contribution in [0.2, 0.25) is 0 Å². The normalized spacial score (nSPS) is 17.1. The SMILES string of the molecule is Cc1cc(C(F)(F)F)c(-c2ccc(C[C@H](NC(=O)c3c(F)cc(N4CCCC[C@@H]4C)cc3F)C(=O)O)c3cccnc23)c(=O)n1C.O=C(O)c1c(F)cc(N2CCCC[C@@H]2C(F)(F)F)cc1F. The van der Waals surface area contributed by atoms with E-state index in [0.29, 0.717) is 31.5 Å². The number of fused-ring (bicyclic) bond motifs is 1. The van der Waals surface area contributed by atoms with Gasteiger partial charge in [-0.05, 0) is 94.3 Å². The Morgan fingerprint density at radius 3 is 1.93 bits per heavy atom. The summed E-state index contributed by atoms with van der Waals surface area (Å²) < 4.78 is 140. The Labute approximate surface area is 375 Å². The van der Waals surface area contributed by atoms with Gasteiger partial charge in [0.2, 0.25) is 0 Å². The van der Waals surface area contributed by atoms with Gasteiger partial charge in [0.25, 0.3) is 11.5 Å². The van der Waals surface area contributed by atoms with Crippen molar-refractivity contribution in [3.63, 3.8) is 0 Å². The molecule has 21 heteroatoms. The first-order chi connectivity index (χ1) is 31.4. The van der Waals surface area contributed by atoms with E-state index in [2.05, 4.69) is 10.3 Å². The molecule has 4 heterocycles. The van der Waals surface area contributed by atoms with E-state index in [0.717, 1.165) is 46.9 Å². The van der Waals surface area contributed by atoms with Crippen molar-refractivity contribution in [1.82, 2.24) is 14.9 Å². The number of nitrogens with one attached hydrogen (secondary N) is 1. The standard InChI is InChI=1S/C33H31F5N4O4.C13H12F5NO2/c1-17-7-4-5-12-42(17)20-15-24(34)28(25(35)16-20)30(43)40-26(32(45)46)14-19-9-10-22(29-21(19)8-6-11-39-29)27-23(33(36,37)38)13-18(2)41(3)31(27)44;14-8-5-7(6-9(15)11(8)12(20)21)19-4-2-1-3-10(19)13(16,17)18/h6,8-11,13,15-17,26H,4-5,7,12,14H2,1-3H3,(H,40,43)(H,45,46);5-6,10H,1-4H2,(H,20,21)/t17-,26-;10-/m01/s1. The fraction of sp³-hybridized carbons (Fsp3) is 0.370. The molecule has 11 nitrogen and oxygen atoms in total. The van der Waals surface area contributed by atoms with Gasteiger partial charge in [-0.2, -0.15) is 26.3 Å². The number of pyridine rings is 2. The van der Waals surface area contributed by atoms with E-state index in [1.54, 1.807) is 0 Å². The monoisotopic (exact) mass is 951 g/mol. The van der Waals surface area contributed by atoms with Crippen molar-refractivity contribution in [2.75, 3.05) is 22.9 Å². The third-order valence-corrected chi connectivity index (χ3v) is 12.0. The Morgan fingerprint density at radius 1 is 0.806 bits per heavy atom. The van der Waals surface area contributed by atoms with Gasteiger partial charge < -0.3 is 29.9 Å². The number of carbonyl (C=O) groups is 3. The minimum Gasteiger partial charge on any atom is -0.480 e. The number of alkyl halides is 6. The molecular weight excluding hydrogens is 909 g/mol. The number of amides is 1. The van der Waals surface area contributed by atoms with Gasteiger partial charge in [0.15, 0.2) is 0 Å². The molecule has 0 radical (unpaired) electrons. The van der Waals surface area contributed by atoms with Crippen LogP contribution in [-0.2, 0) is 24.4 Å². The number of rotatable bonds is 9. The first-order valence-electron chi connectivity index (χ1n) is 20.9. The van der Waals surface area contributed by atoms with E-state index in [9.17, 15) is 59.4 Å². The second-order valence-corrected chi connectivity index (χ2v) is 16.3. The van der Waals surface area contributed by atoms with Crippen LogP contribution >= 0.6 is 0 Å². The summed E-state index contributed by atoms with van der Waals surface area (Å²) >= 11 is 0. The number of carboxylic acids is 2. The van der Waals surface area contributed by atoms with Crippen molar-refractivity contribution in [2.24, 2.45) is 7.05 Å². The Balaban J connectivity index is 0.000000294. The van der Waals surface area contributed by atoms with Crippen LogP contribution < -0.4 is 20.7 Å². The number of hydrogen-bond donors (Lipinski definition) is 3. The van der Waals surface area contributed by atoms with Crippen molar-refractivity contribution in [3.05, 3.63) is 122 Å². The maximum atomic E-state index is 15.1. The molecule has 7 rings (SSSR count). The molecule has 0 saturated carbocycles. The van der Waals surface area contributed by atoms with Crippen LogP contribution in [0.25, 0.3) is 22.0 Å². The number of anilines is 2. The Morgan fingerprint density at radius 2 is 1.37 bits per heavy atom. The molecule has 3 N–H and O–H groups in total. The van der Waals surface area contributed by atoms with Crippen LogP contribution in [0.4, 0.5) is 55.3 Å². The lowest BCUT2D eigenvalue weighted by molar-refractivity contribution is -0.152. The van der Waals surface area contributed by atoms with Gasteiger partial charge in [-0.15, -0.1) is 0 Å². The Hall–Kier alpha value is -6.67. The third kappa shape index (κ3) is 10.6. The quantitative estimate of drug-likeness (QED) is 0.123. The number of aliphatic carboxylic acids is 1. The molecule has 2 aliphatic heterocycles. The van der Waals surface area contributed by atoms with E-state index < -0.39 is 99.8 Å². The van der Waals surface area contributed by atoms with Gasteiger partial charge >= 0.3 is 24.3 Å². The van der Waals surface area contributed by atoms with Crippen molar-refractivity contribution < 1.29 is 68.5 Å². The zero-order chi connectivity index (χ0) is 49.3. The molecule has 3 atom stereocenters. The van der Waals surface area contributed by atoms with Gasteiger partial charge in [0, 0.05) is 66.8 Å². The van der Waals surface area contributed by atoms with Crippen molar-refractivity contribution in [1.29, 1.82) is 0 Å². The highest BCUT2D eigenvalue weighted by molar-refractivity contribution is 5.99. The van der Waals surface area contributed by atoms with Crippen LogP contribution in [0, 0.1) is 30.2 Å². The lowest BCUT2D eigenvalue weighted by Gasteiger charge is -2.38. The predicted molar refractivity (Wildman–Crippen MR) is 226 cm³/mol. The van der Waals surface area contributed by atoms with Gasteiger partial charge in [-0.3, -0.25) is 14.6 Å². The molecule has 3 aromatic carbocycles. The maximum absolute atomic E-state index is 15.1. The molecule has 0 unspecified atom stereocenters. The van der Waals surface area contributed by atoms with Crippen molar-refractivity contribution >= 4 is 40.1 Å². The highest BCUT2D eigenvalue weighted by atomic mass is 19.4. The second kappa shape index (κ2) is 19.7. The minimum absolute atomic E-state index is 0.00142. The summed E-state index contributed by atoms with van der Waals surface area (Å²) in [6.07, 6.45) is -5.09. The van der Waals surface area contributed by atoms with Crippen LogP contribution in [0.15, 0.2) is 65.6 Å². The van der Waals surface area contributed by atoms with Gasteiger partial charge in [0.1, 0.15) is 46.5 Å². The smallest absolute Gasteiger partial charge is 0.417 e. The van der Waals surface area contributed by atoms with Crippen LogP contribution in [0.1, 0.15) is 83.0 Å². The predicted octanol–water partition coefficient (Wildman–Crippen LogP) is 9.59. The number of carboxylic acid groups (broad SMARTS) is 2. The second-order valence-electron chi connectivity index (χ2n) is 16.3. The van der Waals surface area contributed by atoms with Gasteiger partial charge in [-0.1, -0.05) is 18.2 Å². The number of halogens is 10. The summed E-state index contributed by atoms with van der Waals surface area (Å²) in [7, 11) is 1.35. The molecule has 2 aliphatic rings. The van der Waals surface area contributed by atoms with E-state index in [1.807, 2.05) is 11.8 Å². The highest BCUT2D eigenvalue weighted by Gasteiger charge is 2.45. The fourth-order valence-corrected chi connectivity index (χ4v) is 8.50. The van der Waals surface area contributed by atoms with Crippen LogP contribution in [0.5, 0.6) is 0 Å². The van der Waals surface area contributed by atoms with Crippen molar-refractivity contribution in [3.8, 4) is 11.1 Å². The Bertz CT molecular complexity index is 2730. The molecule has 2 saturated heterocycles. The first kappa shape index (κ1) is 49.8. The molecular formula is C46H43F10N5O6. The van der Waals surface area contributed by atoms with Gasteiger partial charge in [-0.25, -0.2) is 27.2 Å². The molecule has 0 spiro atoms. The van der Waals surface area contributed by atoms with Gasteiger partial charge in [0.05, 0.1) is 16.6 Å². The maximum Gasteiger partial charge on any atom is 0.417 e. The zero-order valence-electron chi connectivity index (χ0n) is 36.0. The molecule has 358 valence electrons. The van der Waals surface area contributed by atoms with E-state index in [1.165, 1.54) is 44.4 Å². The first-order valence-corrected chi connectivity index (χ1v) is 20.9. The molecule has 5 aromatic rings. The third-order valence-electron chi connectivity index (χ3n) is 12.0. The number of piperidine rings is 2. The topological polar surface area (TPSA) is 145 Å². The summed E-state index contributed by atoms with van der Waals surface area (Å²) in [6, 6.07) is 6.36. The zero-order valence-corrected chi connectivity index (χ0v) is 36.0. The summed E-state index contributed by atoms with van der Waals surface area (Å²) in [5, 5.41) is 21.0. The summed E-state index contributed by atoms with van der Waals surface area (Å²) in [4.78, 5) is 56.0. The molecule has 2 fully saturated rings. The largest absolute Gasteiger partial charge is 0.480 e.